The molecule has 0 saturated heterocycles. The Bertz CT molecular complexity index is 866. The van der Waals surface area contributed by atoms with Gasteiger partial charge in [0.2, 0.25) is 0 Å². The van der Waals surface area contributed by atoms with E-state index in [1.807, 2.05) is 12.1 Å². The number of hydrogen-bond donors (Lipinski definition) is 0. The van der Waals surface area contributed by atoms with Gasteiger partial charge in [0.25, 0.3) is 11.4 Å². The van der Waals surface area contributed by atoms with Crippen LogP contribution < -0.4 is 0 Å². The number of hydrogen-bond acceptors (Lipinski definition) is 5. The van der Waals surface area contributed by atoms with Gasteiger partial charge in [-0.25, -0.2) is 0 Å². The Balaban J connectivity index is 0.000000260. The average Bonchev–Trinajstić information content (AvgIpc) is 2.61. The molecule has 0 atom stereocenters. The number of non-ortho nitro benzene ring substituents is 2. The van der Waals surface area contributed by atoms with E-state index in [9.17, 15) is 20.2 Å². The van der Waals surface area contributed by atoms with Crippen molar-refractivity contribution in [3.8, 4) is 6.07 Å². The second kappa shape index (κ2) is 10.9. The SMILES string of the molecule is N#CC=Cc1ccc([N+](=O)[O-])cc1.O=[N+]([O-])c1ccc(C=C(Br)Br)cc1. The number of nitrogens with zero attached hydrogens (tertiary/aromatic N) is 3. The fraction of sp³-hybridized carbons (Fsp3) is 0. The summed E-state index contributed by atoms with van der Waals surface area (Å²) >= 11 is 6.40. The maximum absolute atomic E-state index is 10.3. The molecular formula is C17H11Br2N3O4. The third kappa shape index (κ3) is 7.83. The highest BCUT2D eigenvalue weighted by Crippen LogP contribution is 2.19. The van der Waals surface area contributed by atoms with Crippen LogP contribution in [0.15, 0.2) is 58.0 Å². The lowest BCUT2D eigenvalue weighted by Crippen LogP contribution is -1.86. The second-order valence-corrected chi connectivity index (χ2v) is 7.37. The van der Waals surface area contributed by atoms with Crippen LogP contribution >= 0.6 is 31.9 Å². The molecule has 0 N–H and O–H groups in total. The Hall–Kier alpha value is -2.83. The molecule has 2 aromatic carbocycles. The highest BCUT2D eigenvalue weighted by Gasteiger charge is 2.02. The van der Waals surface area contributed by atoms with Gasteiger partial charge in [-0.15, -0.1) is 0 Å². The molecule has 132 valence electrons. The smallest absolute Gasteiger partial charge is 0.258 e. The standard InChI is InChI=1S/C9H6N2O2.C8H5Br2NO2/c10-7-1-2-8-3-5-9(6-4-8)11(12)13;9-8(10)5-6-1-3-7(4-2-6)11(12)13/h1-6H;1-5H. The van der Waals surface area contributed by atoms with Crippen LogP contribution in [0.25, 0.3) is 12.2 Å². The average molecular weight is 481 g/mol. The molecule has 0 aromatic heterocycles. The quantitative estimate of drug-likeness (QED) is 0.311. The third-order valence-electron chi connectivity index (χ3n) is 2.83. The molecular weight excluding hydrogens is 470 g/mol. The summed E-state index contributed by atoms with van der Waals surface area (Å²) in [6, 6.07) is 14.1. The van der Waals surface area contributed by atoms with E-state index in [0.29, 0.717) is 0 Å². The third-order valence-corrected chi connectivity index (χ3v) is 3.29. The molecule has 0 heterocycles. The lowest BCUT2D eigenvalue weighted by atomic mass is 10.2. The van der Waals surface area contributed by atoms with Crippen molar-refractivity contribution >= 4 is 55.4 Å². The number of benzene rings is 2. The van der Waals surface area contributed by atoms with Crippen LogP contribution in [-0.2, 0) is 0 Å². The lowest BCUT2D eigenvalue weighted by Gasteiger charge is -1.93. The van der Waals surface area contributed by atoms with Gasteiger partial charge < -0.3 is 0 Å². The summed E-state index contributed by atoms with van der Waals surface area (Å²) in [6.07, 6.45) is 4.72. The van der Waals surface area contributed by atoms with E-state index in [1.165, 1.54) is 30.3 Å². The molecule has 0 fully saturated rings. The van der Waals surface area contributed by atoms with Crippen molar-refractivity contribution in [2.45, 2.75) is 0 Å². The van der Waals surface area contributed by atoms with E-state index in [-0.39, 0.29) is 11.4 Å². The first kappa shape index (κ1) is 21.2. The normalized spacial score (nSPS) is 9.58. The molecule has 0 aliphatic rings. The largest absolute Gasteiger partial charge is 0.269 e. The number of nitriles is 1. The molecule has 0 aliphatic heterocycles. The molecule has 0 saturated carbocycles. The van der Waals surface area contributed by atoms with Gasteiger partial charge in [0, 0.05) is 30.3 Å². The summed E-state index contributed by atoms with van der Waals surface area (Å²) in [4.78, 5) is 19.7. The Morgan fingerprint density at radius 1 is 0.885 bits per heavy atom. The minimum atomic E-state index is -0.461. The maximum atomic E-state index is 10.3. The van der Waals surface area contributed by atoms with E-state index >= 15 is 0 Å². The number of nitro groups is 2. The minimum Gasteiger partial charge on any atom is -0.258 e. The number of allylic oxidation sites excluding steroid dienone is 1. The zero-order chi connectivity index (χ0) is 19.5. The molecule has 0 radical (unpaired) electrons. The van der Waals surface area contributed by atoms with Gasteiger partial charge in [-0.2, -0.15) is 5.26 Å². The summed E-state index contributed by atoms with van der Waals surface area (Å²) in [5.41, 5.74) is 1.82. The first-order chi connectivity index (χ1) is 12.3. The molecule has 0 spiro atoms. The molecule has 0 aliphatic carbocycles. The molecule has 0 unspecified atom stereocenters. The van der Waals surface area contributed by atoms with Crippen molar-refractivity contribution in [2.24, 2.45) is 0 Å². The topological polar surface area (TPSA) is 110 Å². The van der Waals surface area contributed by atoms with Crippen LogP contribution in [0.3, 0.4) is 0 Å². The fourth-order valence-electron chi connectivity index (χ4n) is 1.66. The molecule has 26 heavy (non-hydrogen) atoms. The van der Waals surface area contributed by atoms with Crippen LogP contribution in [0.2, 0.25) is 0 Å². The molecule has 9 heteroatoms. The fourth-order valence-corrected chi connectivity index (χ4v) is 2.19. The van der Waals surface area contributed by atoms with Gasteiger partial charge in [0.1, 0.15) is 0 Å². The summed E-state index contributed by atoms with van der Waals surface area (Å²) in [5.74, 6) is 0. The molecule has 2 rings (SSSR count). The van der Waals surface area contributed by atoms with Crippen molar-refractivity contribution in [1.82, 2.24) is 0 Å². The van der Waals surface area contributed by atoms with E-state index in [0.717, 1.165) is 14.5 Å². The van der Waals surface area contributed by atoms with Crippen LogP contribution in [0.4, 0.5) is 11.4 Å². The molecule has 0 amide bonds. The lowest BCUT2D eigenvalue weighted by molar-refractivity contribution is -0.385. The van der Waals surface area contributed by atoms with Crippen LogP contribution in [0.1, 0.15) is 11.1 Å². The van der Waals surface area contributed by atoms with E-state index < -0.39 is 9.85 Å². The Labute approximate surface area is 165 Å². The Morgan fingerprint density at radius 2 is 1.31 bits per heavy atom. The molecule has 0 bridgehead atoms. The van der Waals surface area contributed by atoms with Crippen LogP contribution in [-0.4, -0.2) is 9.85 Å². The van der Waals surface area contributed by atoms with Crippen molar-refractivity contribution in [2.75, 3.05) is 0 Å². The van der Waals surface area contributed by atoms with Crippen molar-refractivity contribution < 1.29 is 9.85 Å². The zero-order valence-corrected chi connectivity index (χ0v) is 16.3. The first-order valence-electron chi connectivity index (χ1n) is 6.91. The summed E-state index contributed by atoms with van der Waals surface area (Å²) in [5, 5.41) is 28.8. The highest BCUT2D eigenvalue weighted by atomic mass is 79.9. The van der Waals surface area contributed by atoms with Gasteiger partial charge in [0.15, 0.2) is 0 Å². The predicted octanol–water partition coefficient (Wildman–Crippen LogP) is 5.81. The van der Waals surface area contributed by atoms with E-state index in [4.69, 9.17) is 5.26 Å². The number of halogens is 2. The van der Waals surface area contributed by atoms with E-state index in [2.05, 4.69) is 31.9 Å². The number of rotatable bonds is 4. The summed E-state index contributed by atoms with van der Waals surface area (Å²) in [7, 11) is 0. The predicted molar refractivity (Wildman–Crippen MR) is 107 cm³/mol. The minimum absolute atomic E-state index is 0.0501. The zero-order valence-electron chi connectivity index (χ0n) is 13.1. The van der Waals surface area contributed by atoms with Gasteiger partial charge in [-0.05, 0) is 79.4 Å². The highest BCUT2D eigenvalue weighted by molar-refractivity contribution is 9.28. The van der Waals surface area contributed by atoms with Gasteiger partial charge >= 0.3 is 0 Å². The molecule has 2 aromatic rings. The molecule has 7 nitrogen and oxygen atoms in total. The Morgan fingerprint density at radius 3 is 1.65 bits per heavy atom. The first-order valence-corrected chi connectivity index (χ1v) is 8.50. The van der Waals surface area contributed by atoms with Crippen molar-refractivity contribution in [3.05, 3.63) is 89.4 Å². The van der Waals surface area contributed by atoms with Gasteiger partial charge in [-0.3, -0.25) is 20.2 Å². The summed E-state index contributed by atoms with van der Waals surface area (Å²) in [6.45, 7) is 0. The summed E-state index contributed by atoms with van der Waals surface area (Å²) < 4.78 is 0.800. The van der Waals surface area contributed by atoms with Gasteiger partial charge in [-0.1, -0.05) is 0 Å². The van der Waals surface area contributed by atoms with Crippen LogP contribution in [0.5, 0.6) is 0 Å². The number of nitro benzene ring substituents is 2. The monoisotopic (exact) mass is 479 g/mol. The Kier molecular flexibility index (Phi) is 8.91. The van der Waals surface area contributed by atoms with Gasteiger partial charge in [0.05, 0.1) is 19.3 Å². The van der Waals surface area contributed by atoms with E-state index in [1.54, 1.807) is 30.3 Å². The van der Waals surface area contributed by atoms with Crippen LogP contribution in [0, 0.1) is 31.6 Å². The second-order valence-electron chi connectivity index (χ2n) is 4.59. The maximum Gasteiger partial charge on any atom is 0.269 e. The van der Waals surface area contributed by atoms with Crippen molar-refractivity contribution in [1.29, 1.82) is 5.26 Å². The van der Waals surface area contributed by atoms with Crippen molar-refractivity contribution in [3.63, 3.8) is 0 Å².